The number of hydrogen-bond donors (Lipinski definition) is 0. The van der Waals surface area contributed by atoms with Crippen molar-refractivity contribution in [1.82, 2.24) is 0 Å². The quantitative estimate of drug-likeness (QED) is 0.0195. The zero-order chi connectivity index (χ0) is 66.9. The van der Waals surface area contributed by atoms with Gasteiger partial charge in [-0.05, 0) is 109 Å². The van der Waals surface area contributed by atoms with Gasteiger partial charge in [-0.25, -0.2) is 0 Å². The molecular formula is C82H142NO8P. The summed E-state index contributed by atoms with van der Waals surface area (Å²) in [7, 11) is 1.17. The number of nitrogens with zero attached hydrogens (tertiary/aromatic N) is 1. The van der Waals surface area contributed by atoms with Gasteiger partial charge in [0.15, 0.2) is 6.10 Å². The minimum atomic E-state index is -4.65. The van der Waals surface area contributed by atoms with E-state index in [4.69, 9.17) is 18.5 Å². The van der Waals surface area contributed by atoms with Crippen molar-refractivity contribution < 1.29 is 42.1 Å². The van der Waals surface area contributed by atoms with Crippen LogP contribution in [-0.2, 0) is 32.7 Å². The van der Waals surface area contributed by atoms with Crippen molar-refractivity contribution in [2.45, 2.75) is 328 Å². The topological polar surface area (TPSA) is 111 Å². The van der Waals surface area contributed by atoms with Crippen LogP contribution in [0.15, 0.2) is 134 Å². The standard InChI is InChI=1S/C82H142NO8P/c1-6-8-10-12-14-16-18-20-22-24-26-28-30-32-34-36-38-40-41-43-44-46-48-50-52-54-56-58-60-62-64-66-68-70-72-74-81(84)88-78-80(79-90-92(86,87)89-77-76-83(3,4)5)91-82(85)75-73-71-69-67-65-63-61-59-57-55-53-51-49-47-45-42-39-37-35-33-31-29-27-25-23-21-19-17-15-13-11-9-7-2/h8-11,14-17,20-23,26-29,32-35,39,42,80H,6-7,12-13,18-19,24-25,30-31,36-38,40-41,43-79H2,1-5H3/b10-8-,11-9-,16-14-,17-15-,22-20-,23-21-,28-26-,29-27-,34-32-,35-33-,42-39-. The molecule has 0 bridgehead atoms. The molecule has 0 aromatic carbocycles. The number of phosphoric ester groups is 1. The molecule has 528 valence electrons. The molecule has 92 heavy (non-hydrogen) atoms. The maximum absolute atomic E-state index is 12.9. The second-order valence-electron chi connectivity index (χ2n) is 26.3. The van der Waals surface area contributed by atoms with E-state index in [1.807, 2.05) is 21.1 Å². The maximum Gasteiger partial charge on any atom is 0.306 e. The van der Waals surface area contributed by atoms with Crippen molar-refractivity contribution >= 4 is 19.8 Å². The lowest BCUT2D eigenvalue weighted by Crippen LogP contribution is -2.37. The first-order valence-electron chi connectivity index (χ1n) is 37.9. The van der Waals surface area contributed by atoms with Crippen LogP contribution < -0.4 is 4.89 Å². The van der Waals surface area contributed by atoms with E-state index < -0.39 is 26.5 Å². The number of unbranched alkanes of at least 4 members (excludes halogenated alkanes) is 33. The highest BCUT2D eigenvalue weighted by Crippen LogP contribution is 2.38. The number of allylic oxidation sites excluding steroid dienone is 22. The molecule has 0 spiro atoms. The fourth-order valence-electron chi connectivity index (χ4n) is 10.5. The monoisotopic (exact) mass is 1300 g/mol. The fraction of sp³-hybridized carbons (Fsp3) is 0.707. The summed E-state index contributed by atoms with van der Waals surface area (Å²) in [5.41, 5.74) is 0. The first-order valence-corrected chi connectivity index (χ1v) is 39.4. The van der Waals surface area contributed by atoms with Crippen LogP contribution in [0.25, 0.3) is 0 Å². The lowest BCUT2D eigenvalue weighted by Gasteiger charge is -2.28. The van der Waals surface area contributed by atoms with Gasteiger partial charge in [-0.3, -0.25) is 14.2 Å². The van der Waals surface area contributed by atoms with E-state index >= 15 is 0 Å². The summed E-state index contributed by atoms with van der Waals surface area (Å²) < 4.78 is 34.4. The van der Waals surface area contributed by atoms with Crippen molar-refractivity contribution in [2.75, 3.05) is 47.5 Å². The lowest BCUT2D eigenvalue weighted by atomic mass is 10.0. The Hall–Kier alpha value is -3.85. The molecule has 0 aliphatic rings. The predicted octanol–water partition coefficient (Wildman–Crippen LogP) is 24.5. The van der Waals surface area contributed by atoms with Gasteiger partial charge in [-0.15, -0.1) is 0 Å². The number of carbonyl (C=O) groups excluding carboxylic acids is 2. The van der Waals surface area contributed by atoms with Gasteiger partial charge >= 0.3 is 11.9 Å². The van der Waals surface area contributed by atoms with E-state index in [1.165, 1.54) is 180 Å². The van der Waals surface area contributed by atoms with Gasteiger partial charge in [-0.1, -0.05) is 334 Å². The SMILES string of the molecule is CC/C=C\C/C=C\C/C=C\C/C=C\C/C=C\C/C=C\CCCCCCCCCCCCCCCCC(=O)OC(COC(=O)CCCCCCCCCCCCCCCCCCCCC/C=C\C/C=C\C/C=C\C/C=C\C/C=C\CC)COP(=O)([O-])OCC[N+](C)(C)C. The lowest BCUT2D eigenvalue weighted by molar-refractivity contribution is -0.870. The Bertz CT molecular complexity index is 2020. The largest absolute Gasteiger partial charge is 0.756 e. The van der Waals surface area contributed by atoms with Crippen LogP contribution in [0.4, 0.5) is 0 Å². The third-order valence-electron chi connectivity index (χ3n) is 16.2. The number of ether oxygens (including phenoxy) is 2. The summed E-state index contributed by atoms with van der Waals surface area (Å²) in [5, 5.41) is 0. The van der Waals surface area contributed by atoms with Crippen LogP contribution in [0.3, 0.4) is 0 Å². The van der Waals surface area contributed by atoms with Crippen LogP contribution in [-0.4, -0.2) is 70.0 Å². The molecular weight excluding hydrogens is 1160 g/mol. The second kappa shape index (κ2) is 71.4. The molecule has 2 atom stereocenters. The van der Waals surface area contributed by atoms with Crippen LogP contribution in [0.1, 0.15) is 322 Å². The normalized spacial score (nSPS) is 13.8. The maximum atomic E-state index is 12.9. The summed E-state index contributed by atoms with van der Waals surface area (Å²) in [6.07, 6.45) is 104. The number of rotatable bonds is 69. The van der Waals surface area contributed by atoms with Crippen molar-refractivity contribution in [3.8, 4) is 0 Å². The Balaban J connectivity index is 4.00. The highest BCUT2D eigenvalue weighted by Gasteiger charge is 2.22. The van der Waals surface area contributed by atoms with Gasteiger partial charge < -0.3 is 27.9 Å². The predicted molar refractivity (Wildman–Crippen MR) is 397 cm³/mol. The number of likely N-dealkylation sites (N-methyl/N-ethyl adjacent to an activating group) is 1. The Labute approximate surface area is 568 Å². The molecule has 0 saturated carbocycles. The molecule has 9 nitrogen and oxygen atoms in total. The summed E-state index contributed by atoms with van der Waals surface area (Å²) in [6, 6.07) is 0. The molecule has 0 aromatic rings. The number of hydrogen-bond acceptors (Lipinski definition) is 8. The van der Waals surface area contributed by atoms with Crippen LogP contribution >= 0.6 is 7.82 Å². The average molecular weight is 1300 g/mol. The highest BCUT2D eigenvalue weighted by molar-refractivity contribution is 7.45. The summed E-state index contributed by atoms with van der Waals surface area (Å²) in [5.74, 6) is -0.827. The van der Waals surface area contributed by atoms with E-state index in [2.05, 4.69) is 148 Å². The Morgan fingerprint density at radius 3 is 0.870 bits per heavy atom. The van der Waals surface area contributed by atoms with Crippen molar-refractivity contribution in [3.63, 3.8) is 0 Å². The minimum absolute atomic E-state index is 0.0342. The Kier molecular flexibility index (Phi) is 68.5. The third kappa shape index (κ3) is 75.2. The molecule has 0 N–H and O–H groups in total. The highest BCUT2D eigenvalue weighted by atomic mass is 31.2. The summed E-state index contributed by atoms with van der Waals surface area (Å²) >= 11 is 0. The number of phosphoric acid groups is 1. The van der Waals surface area contributed by atoms with Gasteiger partial charge in [0.25, 0.3) is 7.82 Å². The summed E-state index contributed by atoms with van der Waals surface area (Å²) in [4.78, 5) is 38.2. The van der Waals surface area contributed by atoms with E-state index in [0.29, 0.717) is 17.4 Å². The molecule has 0 saturated heterocycles. The minimum Gasteiger partial charge on any atom is -0.756 e. The van der Waals surface area contributed by atoms with E-state index in [9.17, 15) is 19.0 Å². The number of esters is 2. The molecule has 0 aromatic heterocycles. The molecule has 0 fully saturated rings. The van der Waals surface area contributed by atoms with E-state index in [-0.39, 0.29) is 32.0 Å². The molecule has 0 radical (unpaired) electrons. The first-order chi connectivity index (χ1) is 45.0. The van der Waals surface area contributed by atoms with Gasteiger partial charge in [0.1, 0.15) is 19.8 Å². The molecule has 0 heterocycles. The Morgan fingerprint density at radius 2 is 0.587 bits per heavy atom. The molecule has 10 heteroatoms. The van der Waals surface area contributed by atoms with Crippen LogP contribution in [0, 0.1) is 0 Å². The van der Waals surface area contributed by atoms with Crippen molar-refractivity contribution in [2.24, 2.45) is 0 Å². The molecule has 0 aliphatic heterocycles. The van der Waals surface area contributed by atoms with Crippen LogP contribution in [0.2, 0.25) is 0 Å². The average Bonchev–Trinajstić information content (AvgIpc) is 2.23. The van der Waals surface area contributed by atoms with Gasteiger partial charge in [-0.2, -0.15) is 0 Å². The van der Waals surface area contributed by atoms with E-state index in [0.717, 1.165) is 109 Å². The van der Waals surface area contributed by atoms with E-state index in [1.54, 1.807) is 0 Å². The fourth-order valence-corrected chi connectivity index (χ4v) is 11.2. The van der Waals surface area contributed by atoms with Crippen molar-refractivity contribution in [3.05, 3.63) is 134 Å². The number of quaternary nitrogens is 1. The molecule has 2 unspecified atom stereocenters. The molecule has 0 rings (SSSR count). The zero-order valence-corrected chi connectivity index (χ0v) is 61.1. The van der Waals surface area contributed by atoms with Crippen LogP contribution in [0.5, 0.6) is 0 Å². The Morgan fingerprint density at radius 1 is 0.337 bits per heavy atom. The van der Waals surface area contributed by atoms with Gasteiger partial charge in [0.05, 0.1) is 27.7 Å². The molecule has 0 aliphatic carbocycles. The van der Waals surface area contributed by atoms with Gasteiger partial charge in [0, 0.05) is 12.8 Å². The second-order valence-corrected chi connectivity index (χ2v) is 27.7. The van der Waals surface area contributed by atoms with Crippen molar-refractivity contribution in [1.29, 1.82) is 0 Å². The smallest absolute Gasteiger partial charge is 0.306 e. The molecule has 0 amide bonds. The number of carbonyl (C=O) groups is 2. The van der Waals surface area contributed by atoms with Gasteiger partial charge in [0.2, 0.25) is 0 Å². The third-order valence-corrected chi connectivity index (χ3v) is 17.1. The first kappa shape index (κ1) is 88.2. The zero-order valence-electron chi connectivity index (χ0n) is 60.2. The summed E-state index contributed by atoms with van der Waals surface area (Å²) in [6.45, 7) is 4.04.